The molecule has 4 aromatic heterocycles. The van der Waals surface area contributed by atoms with Gasteiger partial charge >= 0.3 is 0 Å². The lowest BCUT2D eigenvalue weighted by atomic mass is 9.84. The van der Waals surface area contributed by atoms with E-state index in [1.54, 1.807) is 0 Å². The van der Waals surface area contributed by atoms with Crippen molar-refractivity contribution in [3.63, 3.8) is 0 Å². The van der Waals surface area contributed by atoms with Crippen LogP contribution in [0.25, 0.3) is 98.4 Å². The molecule has 0 amide bonds. The van der Waals surface area contributed by atoms with Crippen LogP contribution in [-0.4, -0.2) is 8.80 Å². The van der Waals surface area contributed by atoms with Crippen molar-refractivity contribution in [3.8, 4) is 22.3 Å². The van der Waals surface area contributed by atoms with Crippen LogP contribution in [0.4, 0.5) is 34.1 Å². The van der Waals surface area contributed by atoms with Gasteiger partial charge in [-0.2, -0.15) is 0 Å². The first-order chi connectivity index (χ1) is 40.6. The minimum Gasteiger partial charge on any atom is -0.309 e. The van der Waals surface area contributed by atoms with E-state index in [0.29, 0.717) is 11.8 Å². The van der Waals surface area contributed by atoms with E-state index in [-0.39, 0.29) is 10.8 Å². The highest BCUT2D eigenvalue weighted by molar-refractivity contribution is 6.32. The molecule has 4 nitrogen and oxygen atoms in total. The van der Waals surface area contributed by atoms with E-state index in [1.807, 2.05) is 0 Å². The number of aromatic nitrogens is 2. The first-order valence-electron chi connectivity index (χ1n) is 30.1. The zero-order valence-corrected chi connectivity index (χ0v) is 49.9. The molecule has 0 radical (unpaired) electrons. The van der Waals surface area contributed by atoms with Crippen LogP contribution in [0.1, 0.15) is 103 Å². The fourth-order valence-electron chi connectivity index (χ4n) is 13.8. The van der Waals surface area contributed by atoms with Crippen LogP contribution in [0.5, 0.6) is 0 Å². The molecule has 4 heteroatoms. The van der Waals surface area contributed by atoms with E-state index in [2.05, 4.69) is 318 Å². The first kappa shape index (κ1) is 51.5. The third-order valence-corrected chi connectivity index (χ3v) is 18.3. The van der Waals surface area contributed by atoms with Crippen molar-refractivity contribution >= 4 is 110 Å². The molecule has 0 bridgehead atoms. The number of anilines is 6. The molecule has 15 rings (SSSR count). The molecule has 4 heterocycles. The summed E-state index contributed by atoms with van der Waals surface area (Å²) in [4.78, 5) is 5.05. The van der Waals surface area contributed by atoms with E-state index in [4.69, 9.17) is 0 Å². The maximum atomic E-state index is 2.57. The van der Waals surface area contributed by atoms with Gasteiger partial charge in [-0.1, -0.05) is 215 Å². The Morgan fingerprint density at radius 1 is 0.310 bits per heavy atom. The lowest BCUT2D eigenvalue weighted by Gasteiger charge is -2.30. The second-order valence-electron chi connectivity index (χ2n) is 26.2. The van der Waals surface area contributed by atoms with Gasteiger partial charge in [0.2, 0.25) is 0 Å². The van der Waals surface area contributed by atoms with Gasteiger partial charge in [-0.05, 0) is 141 Å². The molecular formula is C80H70N4. The van der Waals surface area contributed by atoms with Crippen molar-refractivity contribution in [2.45, 2.75) is 91.9 Å². The van der Waals surface area contributed by atoms with Crippen LogP contribution < -0.4 is 9.80 Å². The minimum atomic E-state index is -0.0381. The third-order valence-electron chi connectivity index (χ3n) is 18.3. The van der Waals surface area contributed by atoms with Crippen LogP contribution in [0.15, 0.2) is 231 Å². The monoisotopic (exact) mass is 1090 g/mol. The van der Waals surface area contributed by atoms with Crippen molar-refractivity contribution in [1.82, 2.24) is 8.80 Å². The van der Waals surface area contributed by atoms with Gasteiger partial charge in [0.25, 0.3) is 0 Å². The zero-order chi connectivity index (χ0) is 57.5. The van der Waals surface area contributed by atoms with E-state index >= 15 is 0 Å². The summed E-state index contributed by atoms with van der Waals surface area (Å²) in [5.41, 5.74) is 24.2. The molecule has 0 N–H and O–H groups in total. The predicted octanol–water partition coefficient (Wildman–Crippen LogP) is 23.1. The summed E-state index contributed by atoms with van der Waals surface area (Å²) >= 11 is 0. The smallest absolute Gasteiger partial charge is 0.0641 e. The van der Waals surface area contributed by atoms with Crippen molar-refractivity contribution < 1.29 is 0 Å². The maximum absolute atomic E-state index is 2.57. The summed E-state index contributed by atoms with van der Waals surface area (Å²) in [5, 5.41) is 9.95. The Balaban J connectivity index is 0.983. The van der Waals surface area contributed by atoms with Crippen LogP contribution in [-0.2, 0) is 10.8 Å². The van der Waals surface area contributed by atoms with Crippen molar-refractivity contribution in [2.75, 3.05) is 9.80 Å². The van der Waals surface area contributed by atoms with Crippen LogP contribution in [0.3, 0.4) is 0 Å². The maximum Gasteiger partial charge on any atom is 0.0641 e. The van der Waals surface area contributed by atoms with Crippen molar-refractivity contribution in [2.24, 2.45) is 0 Å². The Labute approximate surface area is 493 Å². The lowest BCUT2D eigenvalue weighted by molar-refractivity contribution is 0.590. The molecule has 0 atom stereocenters. The summed E-state index contributed by atoms with van der Waals surface area (Å²) in [6, 6.07) is 87.6. The summed E-state index contributed by atoms with van der Waals surface area (Å²) in [5.74, 6) is 0.892. The average Bonchev–Trinajstić information content (AvgIpc) is 1.77. The molecule has 0 spiro atoms. The van der Waals surface area contributed by atoms with Crippen LogP contribution in [0, 0.1) is 0 Å². The number of nitrogens with zero attached hydrogens (tertiary/aromatic N) is 4. The number of fused-ring (bicyclic) bond motifs is 12. The fourth-order valence-corrected chi connectivity index (χ4v) is 13.8. The van der Waals surface area contributed by atoms with Crippen molar-refractivity contribution in [3.05, 3.63) is 253 Å². The largest absolute Gasteiger partial charge is 0.309 e. The molecule has 0 unspecified atom stereocenters. The molecule has 0 aliphatic carbocycles. The molecule has 15 aromatic rings. The molecule has 0 aliphatic heterocycles. The van der Waals surface area contributed by atoms with Gasteiger partial charge in [0, 0.05) is 65.6 Å². The first-order valence-corrected chi connectivity index (χ1v) is 30.1. The Kier molecular flexibility index (Phi) is 11.7. The second kappa shape index (κ2) is 19.1. The Hall–Kier alpha value is -9.38. The number of hydrogen-bond donors (Lipinski definition) is 0. The van der Waals surface area contributed by atoms with Crippen LogP contribution >= 0.6 is 0 Å². The quantitative estimate of drug-likeness (QED) is 0.136. The highest BCUT2D eigenvalue weighted by atomic mass is 15.2. The Morgan fingerprint density at radius 3 is 1.04 bits per heavy atom. The molecule has 11 aromatic carbocycles. The van der Waals surface area contributed by atoms with E-state index in [1.165, 1.54) is 121 Å². The third kappa shape index (κ3) is 7.94. The van der Waals surface area contributed by atoms with E-state index < -0.39 is 0 Å². The van der Waals surface area contributed by atoms with E-state index in [9.17, 15) is 0 Å². The van der Waals surface area contributed by atoms with E-state index in [0.717, 1.165) is 34.1 Å². The number of rotatable bonds is 10. The predicted molar refractivity (Wildman–Crippen MR) is 362 cm³/mol. The van der Waals surface area contributed by atoms with Crippen LogP contribution in [0.2, 0.25) is 0 Å². The zero-order valence-electron chi connectivity index (χ0n) is 49.9. The standard InChI is InChI=1S/C80H70N4/c1-49(2)51-29-33-53(34-30-51)63-45-55(79(5,6)7)37-41-69(63)81(57-21-13-11-14-22-57)71-43-39-59-65-47-74-66(48-73(65)83-67-27-19-17-25-61(67)75(71)77(59)83)60-40-44-72(76-62-26-18-20-28-68(62)84(74)78(60)76)82(58-23-15-12-16-24-58)70-42-38-56(80(8,9)10)46-64(70)54-35-31-52(32-36-54)50(3)4/h11-50H,1-10H3. The van der Waals surface area contributed by atoms with Gasteiger partial charge in [-0.3, -0.25) is 0 Å². The summed E-state index contributed by atoms with van der Waals surface area (Å²) in [6.45, 7) is 23.0. The SMILES string of the molecule is CC(C)c1ccc(-c2cc(C(C)(C)C)ccc2N(c2ccccc2)c2ccc3c4cc5c(cc4n4c6ccccc6c2c34)c2ccc(N(c3ccccc3)c3ccc(C(C)(C)C)cc3-c3ccc(C(C)C)cc3)c3c4ccccc4n5c23)cc1. The molecule has 410 valence electrons. The Morgan fingerprint density at radius 2 is 0.667 bits per heavy atom. The molecular weight excluding hydrogens is 1020 g/mol. The second-order valence-corrected chi connectivity index (χ2v) is 26.2. The molecule has 0 fully saturated rings. The number of hydrogen-bond acceptors (Lipinski definition) is 2. The Bertz CT molecular complexity index is 4690. The molecule has 0 aliphatic rings. The summed E-state index contributed by atoms with van der Waals surface area (Å²) in [6.07, 6.45) is 0. The molecule has 0 saturated heterocycles. The topological polar surface area (TPSA) is 15.3 Å². The van der Waals surface area contributed by atoms with Gasteiger partial charge in [0.05, 0.1) is 55.8 Å². The summed E-state index contributed by atoms with van der Waals surface area (Å²) in [7, 11) is 0. The van der Waals surface area contributed by atoms with Gasteiger partial charge in [-0.25, -0.2) is 0 Å². The highest BCUT2D eigenvalue weighted by Gasteiger charge is 2.30. The minimum absolute atomic E-state index is 0.0381. The normalized spacial score (nSPS) is 12.6. The van der Waals surface area contributed by atoms with Crippen molar-refractivity contribution in [1.29, 1.82) is 0 Å². The number of benzene rings is 11. The number of para-hydroxylation sites is 4. The summed E-state index contributed by atoms with van der Waals surface area (Å²) < 4.78 is 5.14. The molecule has 0 saturated carbocycles. The van der Waals surface area contributed by atoms with Gasteiger partial charge in [0.1, 0.15) is 0 Å². The lowest BCUT2D eigenvalue weighted by Crippen LogP contribution is -2.15. The molecule has 84 heavy (non-hydrogen) atoms. The van der Waals surface area contributed by atoms with Gasteiger partial charge in [0.15, 0.2) is 0 Å². The average molecular weight is 1090 g/mol. The fraction of sp³-hybridized carbons (Fsp3) is 0.175. The highest BCUT2D eigenvalue weighted by Crippen LogP contribution is 2.53. The van der Waals surface area contributed by atoms with Gasteiger partial charge in [-0.15, -0.1) is 0 Å². The van der Waals surface area contributed by atoms with Gasteiger partial charge < -0.3 is 18.6 Å².